The lowest BCUT2D eigenvalue weighted by molar-refractivity contribution is -0.126. The van der Waals surface area contributed by atoms with Crippen molar-refractivity contribution in [1.82, 2.24) is 9.62 Å². The molecular formula is C25H34N2O5S. The number of amides is 1. The predicted octanol–water partition coefficient (Wildman–Crippen LogP) is 4.11. The van der Waals surface area contributed by atoms with Crippen LogP contribution >= 0.6 is 0 Å². The third-order valence-corrected chi connectivity index (χ3v) is 8.18. The van der Waals surface area contributed by atoms with Crippen LogP contribution in [0.15, 0.2) is 47.4 Å². The second kappa shape index (κ2) is 10.6. The predicted molar refractivity (Wildman–Crippen MR) is 128 cm³/mol. The summed E-state index contributed by atoms with van der Waals surface area (Å²) in [5, 5.41) is 3.06. The van der Waals surface area contributed by atoms with Crippen LogP contribution in [0.25, 0.3) is 0 Å². The molecule has 7 nitrogen and oxygen atoms in total. The summed E-state index contributed by atoms with van der Waals surface area (Å²) in [5.74, 6) is 0.959. The Morgan fingerprint density at radius 2 is 1.64 bits per heavy atom. The van der Waals surface area contributed by atoms with Crippen molar-refractivity contribution in [1.29, 1.82) is 0 Å². The first kappa shape index (κ1) is 25.1. The minimum Gasteiger partial charge on any atom is -0.496 e. The summed E-state index contributed by atoms with van der Waals surface area (Å²) in [5.41, 5.74) is 1.85. The quantitative estimate of drug-likeness (QED) is 0.623. The van der Waals surface area contributed by atoms with Gasteiger partial charge in [0, 0.05) is 24.6 Å². The van der Waals surface area contributed by atoms with Crippen molar-refractivity contribution < 1.29 is 22.7 Å². The van der Waals surface area contributed by atoms with E-state index in [1.807, 2.05) is 51.1 Å². The molecule has 8 heteroatoms. The fourth-order valence-electron chi connectivity index (χ4n) is 4.18. The number of hydrogen-bond acceptors (Lipinski definition) is 5. The third kappa shape index (κ3) is 5.50. The zero-order valence-electron chi connectivity index (χ0n) is 20.0. The van der Waals surface area contributed by atoms with Crippen molar-refractivity contribution in [3.05, 3.63) is 53.6 Å². The van der Waals surface area contributed by atoms with E-state index in [2.05, 4.69) is 5.32 Å². The van der Waals surface area contributed by atoms with Gasteiger partial charge in [-0.2, -0.15) is 4.31 Å². The highest BCUT2D eigenvalue weighted by Gasteiger charge is 2.34. The highest BCUT2D eigenvalue weighted by atomic mass is 32.2. The Hall–Kier alpha value is -2.58. The van der Waals surface area contributed by atoms with Crippen molar-refractivity contribution in [3.63, 3.8) is 0 Å². The molecule has 1 fully saturated rings. The third-order valence-electron chi connectivity index (χ3n) is 6.26. The van der Waals surface area contributed by atoms with Gasteiger partial charge in [0.2, 0.25) is 15.9 Å². The number of para-hydroxylation sites is 1. The van der Waals surface area contributed by atoms with E-state index >= 15 is 0 Å². The van der Waals surface area contributed by atoms with Crippen LogP contribution < -0.4 is 14.8 Å². The van der Waals surface area contributed by atoms with Gasteiger partial charge in [-0.3, -0.25) is 4.79 Å². The Balaban J connectivity index is 1.68. The second-order valence-electron chi connectivity index (χ2n) is 8.72. The number of sulfonamides is 1. The average Bonchev–Trinajstić information content (AvgIpc) is 2.83. The largest absolute Gasteiger partial charge is 0.496 e. The molecule has 1 aliphatic rings. The van der Waals surface area contributed by atoms with Crippen LogP contribution in [0, 0.1) is 5.92 Å². The van der Waals surface area contributed by atoms with Gasteiger partial charge in [-0.1, -0.05) is 38.1 Å². The molecule has 0 aromatic heterocycles. The molecule has 1 atom stereocenters. The summed E-state index contributed by atoms with van der Waals surface area (Å²) < 4.78 is 39.0. The van der Waals surface area contributed by atoms with Crippen molar-refractivity contribution in [3.8, 4) is 11.5 Å². The summed E-state index contributed by atoms with van der Waals surface area (Å²) in [6.45, 7) is 6.54. The number of piperidine rings is 1. The van der Waals surface area contributed by atoms with Gasteiger partial charge in [0.05, 0.1) is 20.3 Å². The van der Waals surface area contributed by atoms with E-state index in [-0.39, 0.29) is 28.7 Å². The van der Waals surface area contributed by atoms with Crippen LogP contribution in [-0.4, -0.2) is 45.9 Å². The Morgan fingerprint density at radius 1 is 1.00 bits per heavy atom. The molecule has 0 aliphatic carbocycles. The molecule has 0 spiro atoms. The molecular weight excluding hydrogens is 440 g/mol. The van der Waals surface area contributed by atoms with Crippen molar-refractivity contribution in [2.75, 3.05) is 27.3 Å². The smallest absolute Gasteiger partial charge is 0.246 e. The van der Waals surface area contributed by atoms with Gasteiger partial charge in [0.15, 0.2) is 0 Å². The summed E-state index contributed by atoms with van der Waals surface area (Å²) in [6.07, 6.45) is 0.936. The molecule has 1 aliphatic heterocycles. The van der Waals surface area contributed by atoms with Crippen molar-refractivity contribution in [2.45, 2.75) is 50.5 Å². The lowest BCUT2D eigenvalue weighted by atomic mass is 9.96. The van der Waals surface area contributed by atoms with Crippen LogP contribution in [-0.2, 0) is 14.8 Å². The SMILES string of the molecule is COc1ccccc1[C@H](C)NC(=O)C1CCN(S(=O)(=O)c2cc(C(C)C)ccc2OC)CC1. The highest BCUT2D eigenvalue weighted by molar-refractivity contribution is 7.89. The topological polar surface area (TPSA) is 84.9 Å². The Morgan fingerprint density at radius 3 is 2.24 bits per heavy atom. The van der Waals surface area contributed by atoms with E-state index in [0.29, 0.717) is 31.7 Å². The molecule has 33 heavy (non-hydrogen) atoms. The minimum atomic E-state index is -3.72. The van der Waals surface area contributed by atoms with Gasteiger partial charge in [-0.25, -0.2) is 8.42 Å². The normalized spacial score (nSPS) is 16.4. The number of methoxy groups -OCH3 is 2. The van der Waals surface area contributed by atoms with E-state index in [4.69, 9.17) is 9.47 Å². The Bertz CT molecular complexity index is 1080. The monoisotopic (exact) mass is 474 g/mol. The fraction of sp³-hybridized carbons (Fsp3) is 0.480. The zero-order valence-corrected chi connectivity index (χ0v) is 20.8. The van der Waals surface area contributed by atoms with Gasteiger partial charge >= 0.3 is 0 Å². The first-order chi connectivity index (χ1) is 15.7. The number of nitrogens with one attached hydrogen (secondary N) is 1. The van der Waals surface area contributed by atoms with E-state index in [9.17, 15) is 13.2 Å². The van der Waals surface area contributed by atoms with Gasteiger partial charge < -0.3 is 14.8 Å². The highest BCUT2D eigenvalue weighted by Crippen LogP contribution is 2.33. The maximum atomic E-state index is 13.4. The first-order valence-corrected chi connectivity index (χ1v) is 12.7. The molecule has 0 radical (unpaired) electrons. The van der Waals surface area contributed by atoms with E-state index in [0.717, 1.165) is 16.9 Å². The molecule has 0 bridgehead atoms. The number of carbonyl (C=O) groups excluding carboxylic acids is 1. The van der Waals surface area contributed by atoms with Crippen molar-refractivity contribution >= 4 is 15.9 Å². The van der Waals surface area contributed by atoms with E-state index in [1.165, 1.54) is 11.4 Å². The van der Waals surface area contributed by atoms with Gasteiger partial charge in [0.1, 0.15) is 16.4 Å². The summed E-state index contributed by atoms with van der Waals surface area (Å²) >= 11 is 0. The number of nitrogens with zero attached hydrogens (tertiary/aromatic N) is 1. The number of ether oxygens (including phenoxy) is 2. The minimum absolute atomic E-state index is 0.0650. The number of carbonyl (C=O) groups is 1. The number of benzene rings is 2. The molecule has 2 aromatic carbocycles. The maximum Gasteiger partial charge on any atom is 0.246 e. The van der Waals surface area contributed by atoms with Crippen LogP contribution in [0.3, 0.4) is 0 Å². The summed E-state index contributed by atoms with van der Waals surface area (Å²) in [7, 11) is -0.643. The van der Waals surface area contributed by atoms with Gasteiger partial charge in [-0.15, -0.1) is 0 Å². The number of hydrogen-bond donors (Lipinski definition) is 1. The molecule has 1 N–H and O–H groups in total. The maximum absolute atomic E-state index is 13.4. The van der Waals surface area contributed by atoms with Crippen LogP contribution in [0.4, 0.5) is 0 Å². The Labute approximate surface area is 197 Å². The van der Waals surface area contributed by atoms with E-state index < -0.39 is 10.0 Å². The molecule has 1 amide bonds. The first-order valence-electron chi connectivity index (χ1n) is 11.3. The molecule has 180 valence electrons. The molecule has 1 heterocycles. The lowest BCUT2D eigenvalue weighted by Gasteiger charge is -2.31. The van der Waals surface area contributed by atoms with Gasteiger partial charge in [0.25, 0.3) is 0 Å². The second-order valence-corrected chi connectivity index (χ2v) is 10.6. The average molecular weight is 475 g/mol. The summed E-state index contributed by atoms with van der Waals surface area (Å²) in [4.78, 5) is 13.1. The van der Waals surface area contributed by atoms with Crippen LogP contribution in [0.1, 0.15) is 56.7 Å². The van der Waals surface area contributed by atoms with E-state index in [1.54, 1.807) is 19.2 Å². The zero-order chi connectivity index (χ0) is 24.2. The molecule has 0 unspecified atom stereocenters. The summed E-state index contributed by atoms with van der Waals surface area (Å²) in [6, 6.07) is 12.7. The van der Waals surface area contributed by atoms with Crippen molar-refractivity contribution in [2.24, 2.45) is 5.92 Å². The molecule has 1 saturated heterocycles. The van der Waals surface area contributed by atoms with Crippen LogP contribution in [0.2, 0.25) is 0 Å². The standard InChI is InChI=1S/C25H34N2O5S/c1-17(2)20-10-11-23(32-5)24(16-20)33(29,30)27-14-12-19(13-15-27)25(28)26-18(3)21-8-6-7-9-22(21)31-4/h6-11,16-19H,12-15H2,1-5H3,(H,26,28)/t18-/m0/s1. The Kier molecular flexibility index (Phi) is 8.02. The van der Waals surface area contributed by atoms with Gasteiger partial charge in [-0.05, 0) is 49.4 Å². The molecule has 0 saturated carbocycles. The molecule has 3 rings (SSSR count). The number of rotatable bonds is 8. The fourth-order valence-corrected chi connectivity index (χ4v) is 5.84. The molecule has 2 aromatic rings. The van der Waals surface area contributed by atoms with Crippen LogP contribution in [0.5, 0.6) is 11.5 Å². The lowest BCUT2D eigenvalue weighted by Crippen LogP contribution is -2.43.